The lowest BCUT2D eigenvalue weighted by molar-refractivity contribution is 0.269. The normalized spacial score (nSPS) is 11.9. The van der Waals surface area contributed by atoms with Gasteiger partial charge in [0.05, 0.1) is 21.7 Å². The van der Waals surface area contributed by atoms with Crippen LogP contribution in [0.2, 0.25) is 15.1 Å². The molecule has 0 heterocycles. The second kappa shape index (κ2) is 12.4. The van der Waals surface area contributed by atoms with Crippen LogP contribution in [-0.2, 0) is 19.6 Å². The molecule has 3 nitrogen and oxygen atoms in total. The predicted octanol–water partition coefficient (Wildman–Crippen LogP) is 7.74. The number of hydrogen-bond acceptors (Lipinski definition) is 3. The van der Waals surface area contributed by atoms with Gasteiger partial charge in [-0.15, -0.1) is 0 Å². The molecule has 3 aromatic rings. The Kier molecular flexibility index (Phi) is 9.55. The van der Waals surface area contributed by atoms with Gasteiger partial charge in [-0.1, -0.05) is 71.2 Å². The summed E-state index contributed by atoms with van der Waals surface area (Å²) >= 11 is 18.7. The number of rotatable bonds is 11. The van der Waals surface area contributed by atoms with Gasteiger partial charge in [-0.05, 0) is 67.6 Å². The fourth-order valence-corrected chi connectivity index (χ4v) is 3.94. The van der Waals surface area contributed by atoms with Crippen LogP contribution in [0.4, 0.5) is 0 Å². The van der Waals surface area contributed by atoms with Crippen LogP contribution in [0, 0.1) is 0 Å². The maximum Gasteiger partial charge on any atom is 0.180 e. The highest BCUT2D eigenvalue weighted by Gasteiger charge is 2.14. The van der Waals surface area contributed by atoms with E-state index in [-0.39, 0.29) is 0 Å². The van der Waals surface area contributed by atoms with Gasteiger partial charge in [0.15, 0.2) is 11.5 Å². The third-order valence-electron chi connectivity index (χ3n) is 5.10. The molecule has 32 heavy (non-hydrogen) atoms. The Labute approximate surface area is 205 Å². The molecule has 0 aromatic heterocycles. The number of benzene rings is 3. The van der Waals surface area contributed by atoms with Crippen LogP contribution in [0.5, 0.6) is 11.5 Å². The summed E-state index contributed by atoms with van der Waals surface area (Å²) in [7, 11) is 0. The first kappa shape index (κ1) is 24.7. The highest BCUT2D eigenvalue weighted by molar-refractivity contribution is 6.42. The second-order valence-corrected chi connectivity index (χ2v) is 8.90. The van der Waals surface area contributed by atoms with E-state index in [0.29, 0.717) is 52.4 Å². The van der Waals surface area contributed by atoms with Crippen molar-refractivity contribution in [2.75, 3.05) is 6.61 Å². The quantitative estimate of drug-likeness (QED) is 0.297. The molecule has 0 bridgehead atoms. The first-order valence-electron chi connectivity index (χ1n) is 10.8. The van der Waals surface area contributed by atoms with E-state index < -0.39 is 0 Å². The summed E-state index contributed by atoms with van der Waals surface area (Å²) in [5.41, 5.74) is 3.30. The van der Waals surface area contributed by atoms with Gasteiger partial charge in [-0.2, -0.15) is 0 Å². The first-order valence-corrected chi connectivity index (χ1v) is 11.9. The van der Waals surface area contributed by atoms with Crippen LogP contribution in [-0.4, -0.2) is 12.6 Å². The van der Waals surface area contributed by atoms with Crippen LogP contribution in [0.15, 0.2) is 60.7 Å². The zero-order valence-electron chi connectivity index (χ0n) is 18.3. The fourth-order valence-electron chi connectivity index (χ4n) is 3.33. The average Bonchev–Trinajstić information content (AvgIpc) is 2.79. The Balaban J connectivity index is 1.61. The lowest BCUT2D eigenvalue weighted by Gasteiger charge is -2.17. The smallest absolute Gasteiger partial charge is 0.180 e. The zero-order chi connectivity index (χ0) is 22.9. The van der Waals surface area contributed by atoms with Gasteiger partial charge in [-0.25, -0.2) is 0 Å². The van der Waals surface area contributed by atoms with Crippen LogP contribution in [0.1, 0.15) is 37.0 Å². The summed E-state index contributed by atoms with van der Waals surface area (Å²) in [6, 6.07) is 20.2. The van der Waals surface area contributed by atoms with Gasteiger partial charge in [0.1, 0.15) is 6.61 Å². The fraction of sp³-hybridized carbons (Fsp3) is 0.308. The van der Waals surface area contributed by atoms with E-state index in [2.05, 4.69) is 36.5 Å². The minimum atomic E-state index is 0.310. The molecule has 6 heteroatoms. The molecule has 0 aliphatic heterocycles. The molecule has 0 unspecified atom stereocenters. The van der Waals surface area contributed by atoms with E-state index in [0.717, 1.165) is 24.0 Å². The molecular weight excluding hydrogens is 465 g/mol. The predicted molar refractivity (Wildman–Crippen MR) is 134 cm³/mol. The minimum absolute atomic E-state index is 0.310. The molecule has 0 radical (unpaired) electrons. The van der Waals surface area contributed by atoms with E-state index >= 15 is 0 Å². The topological polar surface area (TPSA) is 30.5 Å². The summed E-state index contributed by atoms with van der Waals surface area (Å²) in [6.45, 7) is 5.66. The molecule has 3 aromatic carbocycles. The molecule has 170 valence electrons. The minimum Gasteiger partial charge on any atom is -0.490 e. The van der Waals surface area contributed by atoms with Crippen LogP contribution in [0.3, 0.4) is 0 Å². The van der Waals surface area contributed by atoms with Gasteiger partial charge in [-0.3, -0.25) is 0 Å². The maximum absolute atomic E-state index is 6.57. The number of halogens is 3. The van der Waals surface area contributed by atoms with Crippen molar-refractivity contribution in [3.8, 4) is 11.5 Å². The third kappa shape index (κ3) is 7.31. The van der Waals surface area contributed by atoms with Gasteiger partial charge in [0.25, 0.3) is 0 Å². The van der Waals surface area contributed by atoms with E-state index in [1.165, 1.54) is 5.56 Å². The third-order valence-corrected chi connectivity index (χ3v) is 6.12. The zero-order valence-corrected chi connectivity index (χ0v) is 20.6. The van der Waals surface area contributed by atoms with Gasteiger partial charge in [0, 0.05) is 12.6 Å². The van der Waals surface area contributed by atoms with Gasteiger partial charge < -0.3 is 14.8 Å². The summed E-state index contributed by atoms with van der Waals surface area (Å²) in [6.07, 6.45) is 2.10. The van der Waals surface area contributed by atoms with E-state index in [9.17, 15) is 0 Å². The lowest BCUT2D eigenvalue weighted by Crippen LogP contribution is -2.26. The van der Waals surface area contributed by atoms with Crippen molar-refractivity contribution in [2.45, 2.75) is 45.9 Å². The average molecular weight is 493 g/mol. The van der Waals surface area contributed by atoms with Crippen molar-refractivity contribution < 1.29 is 9.47 Å². The molecule has 0 fully saturated rings. The Hall–Kier alpha value is -1.91. The van der Waals surface area contributed by atoms with Crippen molar-refractivity contribution in [1.82, 2.24) is 5.32 Å². The van der Waals surface area contributed by atoms with Gasteiger partial charge >= 0.3 is 0 Å². The summed E-state index contributed by atoms with van der Waals surface area (Å²) in [5, 5.41) is 5.10. The van der Waals surface area contributed by atoms with Crippen LogP contribution >= 0.6 is 34.8 Å². The Morgan fingerprint density at radius 2 is 1.56 bits per heavy atom. The highest BCUT2D eigenvalue weighted by Crippen LogP contribution is 2.37. The molecule has 0 aliphatic carbocycles. The molecule has 0 spiro atoms. The molecule has 0 saturated heterocycles. The number of nitrogens with one attached hydrogen (secondary N) is 1. The molecule has 3 rings (SSSR count). The summed E-state index contributed by atoms with van der Waals surface area (Å²) in [4.78, 5) is 0. The Bertz CT molecular complexity index is 1010. The molecule has 0 saturated carbocycles. The van der Waals surface area contributed by atoms with Crippen molar-refractivity contribution >= 4 is 34.8 Å². The van der Waals surface area contributed by atoms with E-state index in [1.807, 2.05) is 31.2 Å². The van der Waals surface area contributed by atoms with Crippen molar-refractivity contribution in [1.29, 1.82) is 0 Å². The van der Waals surface area contributed by atoms with Crippen molar-refractivity contribution in [2.24, 2.45) is 0 Å². The van der Waals surface area contributed by atoms with Gasteiger partial charge in [0.2, 0.25) is 0 Å². The first-order chi connectivity index (χ1) is 15.5. The SMILES string of the molecule is CCOc1cc(CN[C@@H](C)CCc2ccccc2)cc(Cl)c1OCc1ccc(Cl)c(Cl)c1. The molecule has 0 aliphatic rings. The molecule has 0 amide bonds. The molecule has 1 N–H and O–H groups in total. The van der Waals surface area contributed by atoms with Crippen LogP contribution < -0.4 is 14.8 Å². The van der Waals surface area contributed by atoms with E-state index in [4.69, 9.17) is 44.3 Å². The van der Waals surface area contributed by atoms with Crippen molar-refractivity contribution in [3.63, 3.8) is 0 Å². The molecular formula is C26H28Cl3NO2. The monoisotopic (exact) mass is 491 g/mol. The summed E-state index contributed by atoms with van der Waals surface area (Å²) < 4.78 is 11.8. The van der Waals surface area contributed by atoms with E-state index in [1.54, 1.807) is 12.1 Å². The second-order valence-electron chi connectivity index (χ2n) is 7.68. The largest absolute Gasteiger partial charge is 0.490 e. The Morgan fingerprint density at radius 3 is 2.28 bits per heavy atom. The van der Waals surface area contributed by atoms with Crippen molar-refractivity contribution in [3.05, 3.63) is 92.4 Å². The number of hydrogen-bond donors (Lipinski definition) is 1. The van der Waals surface area contributed by atoms with Crippen LogP contribution in [0.25, 0.3) is 0 Å². The maximum atomic E-state index is 6.57. The number of ether oxygens (including phenoxy) is 2. The lowest BCUT2D eigenvalue weighted by atomic mass is 10.1. The molecule has 1 atom stereocenters. The Morgan fingerprint density at radius 1 is 0.812 bits per heavy atom. The summed E-state index contributed by atoms with van der Waals surface area (Å²) in [5.74, 6) is 1.16. The highest BCUT2D eigenvalue weighted by atomic mass is 35.5. The number of aryl methyl sites for hydroxylation is 1. The standard InChI is InChI=1S/C26H28Cl3NO2/c1-3-31-25-15-21(16-30-18(2)9-10-19-7-5-4-6-8-19)14-24(29)26(25)32-17-20-11-12-22(27)23(28)13-20/h4-8,11-15,18,30H,3,9-10,16-17H2,1-2H3/t18-/m0/s1.